The molecule has 0 amide bonds. The summed E-state index contributed by atoms with van der Waals surface area (Å²) < 4.78 is 0. The van der Waals surface area contributed by atoms with Crippen molar-refractivity contribution in [1.82, 2.24) is 5.32 Å². The molecule has 0 heterocycles. The van der Waals surface area contributed by atoms with Crippen molar-refractivity contribution in [2.24, 2.45) is 11.3 Å². The molecule has 2 saturated carbocycles. The van der Waals surface area contributed by atoms with Gasteiger partial charge >= 0.3 is 0 Å². The van der Waals surface area contributed by atoms with Gasteiger partial charge in [0.2, 0.25) is 0 Å². The first-order valence-corrected chi connectivity index (χ1v) is 5.83. The molecule has 2 unspecified atom stereocenters. The summed E-state index contributed by atoms with van der Waals surface area (Å²) in [6.07, 6.45) is 10.5. The number of fused-ring (bicyclic) bond motifs is 1. The van der Waals surface area contributed by atoms with Gasteiger partial charge in [-0.25, -0.2) is 0 Å². The second-order valence-electron chi connectivity index (χ2n) is 5.33. The summed E-state index contributed by atoms with van der Waals surface area (Å²) >= 11 is 0. The minimum atomic E-state index is 0.635. The van der Waals surface area contributed by atoms with Crippen molar-refractivity contribution in [1.29, 1.82) is 0 Å². The molecule has 0 aromatic rings. The van der Waals surface area contributed by atoms with E-state index in [9.17, 15) is 0 Å². The molecule has 76 valence electrons. The van der Waals surface area contributed by atoms with Crippen LogP contribution in [-0.4, -0.2) is 13.1 Å². The quantitative estimate of drug-likeness (QED) is 0.668. The van der Waals surface area contributed by atoms with Crippen LogP contribution in [0.5, 0.6) is 0 Å². The highest BCUT2D eigenvalue weighted by molar-refractivity contribution is 5.48. The van der Waals surface area contributed by atoms with Gasteiger partial charge in [-0.15, -0.1) is 0 Å². The van der Waals surface area contributed by atoms with E-state index in [0.29, 0.717) is 11.5 Å². The Balaban J connectivity index is 1.99. The predicted molar refractivity (Wildman–Crippen MR) is 59.1 cm³/mol. The Kier molecular flexibility index (Phi) is 1.70. The fourth-order valence-corrected chi connectivity index (χ4v) is 3.28. The van der Waals surface area contributed by atoms with Crippen LogP contribution in [0.2, 0.25) is 0 Å². The van der Waals surface area contributed by atoms with Crippen LogP contribution in [0.4, 0.5) is 0 Å². The molecule has 3 aliphatic rings. The number of hydrogen-bond donors (Lipinski definition) is 1. The molecule has 1 nitrogen and oxygen atoms in total. The zero-order valence-electron chi connectivity index (χ0n) is 9.14. The van der Waals surface area contributed by atoms with Gasteiger partial charge in [-0.1, -0.05) is 19.1 Å². The maximum atomic E-state index is 3.53. The van der Waals surface area contributed by atoms with Crippen LogP contribution in [0.1, 0.15) is 32.6 Å². The van der Waals surface area contributed by atoms with Gasteiger partial charge < -0.3 is 5.32 Å². The first kappa shape index (κ1) is 8.72. The van der Waals surface area contributed by atoms with E-state index < -0.39 is 0 Å². The van der Waals surface area contributed by atoms with Crippen molar-refractivity contribution in [2.45, 2.75) is 38.6 Å². The Labute approximate surface area is 86.3 Å². The smallest absolute Gasteiger partial charge is 0.0377 e. The van der Waals surface area contributed by atoms with Crippen LogP contribution in [0.3, 0.4) is 0 Å². The fraction of sp³-hybridized carbons (Fsp3) is 0.692. The highest BCUT2D eigenvalue weighted by Crippen LogP contribution is 2.62. The monoisotopic (exact) mass is 189 g/mol. The van der Waals surface area contributed by atoms with Crippen LogP contribution in [0, 0.1) is 11.3 Å². The SMILES string of the molecule is CNC1C2=CC(C)CC=C2CC12CC2. The number of likely N-dealkylation sites (N-methyl/N-ethyl adjacent to an activating group) is 1. The molecule has 1 spiro atoms. The third-order valence-corrected chi connectivity index (χ3v) is 4.22. The molecule has 0 saturated heterocycles. The number of rotatable bonds is 1. The lowest BCUT2D eigenvalue weighted by atomic mass is 9.91. The van der Waals surface area contributed by atoms with Crippen molar-refractivity contribution in [3.63, 3.8) is 0 Å². The molecular formula is C13H19N. The second kappa shape index (κ2) is 2.73. The van der Waals surface area contributed by atoms with Crippen molar-refractivity contribution >= 4 is 0 Å². The highest BCUT2D eigenvalue weighted by Gasteiger charge is 2.55. The van der Waals surface area contributed by atoms with Gasteiger partial charge in [-0.2, -0.15) is 0 Å². The molecule has 3 aliphatic carbocycles. The van der Waals surface area contributed by atoms with Crippen LogP contribution in [-0.2, 0) is 0 Å². The van der Waals surface area contributed by atoms with E-state index in [0.717, 1.165) is 5.92 Å². The van der Waals surface area contributed by atoms with Crippen LogP contribution >= 0.6 is 0 Å². The maximum absolute atomic E-state index is 3.53. The van der Waals surface area contributed by atoms with E-state index >= 15 is 0 Å². The summed E-state index contributed by atoms with van der Waals surface area (Å²) in [5.74, 6) is 0.749. The highest BCUT2D eigenvalue weighted by atomic mass is 14.9. The average Bonchev–Trinajstić information content (AvgIpc) is 2.83. The lowest BCUT2D eigenvalue weighted by Crippen LogP contribution is -2.32. The van der Waals surface area contributed by atoms with Gasteiger partial charge in [0.25, 0.3) is 0 Å². The van der Waals surface area contributed by atoms with Crippen LogP contribution < -0.4 is 5.32 Å². The van der Waals surface area contributed by atoms with E-state index in [2.05, 4.69) is 31.4 Å². The van der Waals surface area contributed by atoms with Gasteiger partial charge in [0.1, 0.15) is 0 Å². The number of allylic oxidation sites excluding steroid dienone is 2. The van der Waals surface area contributed by atoms with Gasteiger partial charge in [-0.3, -0.25) is 0 Å². The molecule has 0 bridgehead atoms. The van der Waals surface area contributed by atoms with E-state index in [-0.39, 0.29) is 0 Å². The Bertz CT molecular complexity index is 320. The summed E-state index contributed by atoms with van der Waals surface area (Å²) in [7, 11) is 2.12. The molecule has 1 heteroatoms. The van der Waals surface area contributed by atoms with Gasteiger partial charge in [0.05, 0.1) is 0 Å². The molecule has 2 atom stereocenters. The van der Waals surface area contributed by atoms with E-state index in [1.165, 1.54) is 25.7 Å². The Morgan fingerprint density at radius 2 is 2.21 bits per heavy atom. The fourth-order valence-electron chi connectivity index (χ4n) is 3.28. The van der Waals surface area contributed by atoms with Crippen molar-refractivity contribution < 1.29 is 0 Å². The van der Waals surface area contributed by atoms with E-state index in [1.807, 2.05) is 0 Å². The Morgan fingerprint density at radius 3 is 2.86 bits per heavy atom. The molecule has 3 rings (SSSR count). The van der Waals surface area contributed by atoms with Gasteiger partial charge in [0, 0.05) is 6.04 Å². The van der Waals surface area contributed by atoms with Crippen LogP contribution in [0.25, 0.3) is 0 Å². The third-order valence-electron chi connectivity index (χ3n) is 4.22. The molecule has 0 aromatic heterocycles. The molecule has 0 radical (unpaired) electrons. The van der Waals surface area contributed by atoms with E-state index in [4.69, 9.17) is 0 Å². The van der Waals surface area contributed by atoms with E-state index in [1.54, 1.807) is 11.1 Å². The summed E-state index contributed by atoms with van der Waals surface area (Å²) in [5, 5.41) is 3.53. The standard InChI is InChI=1S/C13H19N/c1-9-3-4-10-8-13(5-6-13)12(14-2)11(10)7-9/h4,7,9,12,14H,3,5-6,8H2,1-2H3. The first-order chi connectivity index (χ1) is 6.75. The van der Waals surface area contributed by atoms with Gasteiger partial charge in [-0.05, 0) is 55.2 Å². The molecular weight excluding hydrogens is 170 g/mol. The minimum Gasteiger partial charge on any atom is -0.313 e. The molecule has 0 aromatic carbocycles. The first-order valence-electron chi connectivity index (χ1n) is 5.83. The maximum Gasteiger partial charge on any atom is 0.0377 e. The summed E-state index contributed by atoms with van der Waals surface area (Å²) in [5.41, 5.74) is 3.92. The third kappa shape index (κ3) is 1.05. The zero-order valence-corrected chi connectivity index (χ0v) is 9.14. The molecule has 0 aliphatic heterocycles. The molecule has 14 heavy (non-hydrogen) atoms. The predicted octanol–water partition coefficient (Wildman–Crippen LogP) is 2.65. The number of nitrogens with one attached hydrogen (secondary N) is 1. The van der Waals surface area contributed by atoms with Gasteiger partial charge in [0.15, 0.2) is 0 Å². The van der Waals surface area contributed by atoms with Crippen molar-refractivity contribution in [3.8, 4) is 0 Å². The largest absolute Gasteiger partial charge is 0.313 e. The van der Waals surface area contributed by atoms with Crippen molar-refractivity contribution in [2.75, 3.05) is 7.05 Å². The lowest BCUT2D eigenvalue weighted by Gasteiger charge is -2.21. The Hall–Kier alpha value is -0.560. The topological polar surface area (TPSA) is 12.0 Å². The zero-order chi connectivity index (χ0) is 9.76. The average molecular weight is 189 g/mol. The minimum absolute atomic E-state index is 0.635. The van der Waals surface area contributed by atoms with Crippen molar-refractivity contribution in [3.05, 3.63) is 23.3 Å². The van der Waals surface area contributed by atoms with Crippen LogP contribution in [0.15, 0.2) is 23.3 Å². The molecule has 1 N–H and O–H groups in total. The summed E-state index contributed by atoms with van der Waals surface area (Å²) in [6, 6.07) is 0.663. The summed E-state index contributed by atoms with van der Waals surface area (Å²) in [6.45, 7) is 2.32. The normalized spacial score (nSPS) is 37.9. The lowest BCUT2D eigenvalue weighted by molar-refractivity contribution is 0.435. The Morgan fingerprint density at radius 1 is 1.43 bits per heavy atom. The number of hydrogen-bond acceptors (Lipinski definition) is 1. The summed E-state index contributed by atoms with van der Waals surface area (Å²) in [4.78, 5) is 0. The second-order valence-corrected chi connectivity index (χ2v) is 5.33. The molecule has 2 fully saturated rings.